The zero-order valence-electron chi connectivity index (χ0n) is 14.2. The molecule has 2 heterocycles. The van der Waals surface area contributed by atoms with E-state index in [1.165, 1.54) is 36.1 Å². The van der Waals surface area contributed by atoms with Gasteiger partial charge in [0.25, 0.3) is 5.56 Å². The van der Waals surface area contributed by atoms with Crippen molar-refractivity contribution in [2.24, 2.45) is 17.8 Å². The SMILES string of the molecule is O=C(C[C@@H]1C[C@H]2CC[C@@H]1C2)OCc1nc2sc3c(c2c(=O)[nH]1)CCC3. The smallest absolute Gasteiger partial charge is 0.306 e. The largest absolute Gasteiger partial charge is 0.458 e. The minimum atomic E-state index is -0.158. The van der Waals surface area contributed by atoms with Crippen molar-refractivity contribution < 1.29 is 9.53 Å². The van der Waals surface area contributed by atoms with E-state index in [4.69, 9.17) is 4.74 Å². The molecule has 5 nitrogen and oxygen atoms in total. The third kappa shape index (κ3) is 2.71. The van der Waals surface area contributed by atoms with Gasteiger partial charge in [0.05, 0.1) is 5.39 Å². The fraction of sp³-hybridized carbons (Fsp3) is 0.632. The van der Waals surface area contributed by atoms with Crippen LogP contribution in [0.5, 0.6) is 0 Å². The van der Waals surface area contributed by atoms with Gasteiger partial charge in [0.2, 0.25) is 0 Å². The molecule has 2 bridgehead atoms. The second-order valence-corrected chi connectivity index (χ2v) is 8.93. The molecule has 0 amide bonds. The van der Waals surface area contributed by atoms with Gasteiger partial charge in [-0.05, 0) is 61.8 Å². The molecule has 2 aromatic rings. The molecule has 1 N–H and O–H groups in total. The number of thiophene rings is 1. The number of carbonyl (C=O) groups is 1. The van der Waals surface area contributed by atoms with Crippen molar-refractivity contribution in [3.05, 3.63) is 26.6 Å². The monoisotopic (exact) mass is 358 g/mol. The highest BCUT2D eigenvalue weighted by molar-refractivity contribution is 7.18. The van der Waals surface area contributed by atoms with Crippen molar-refractivity contribution in [2.75, 3.05) is 0 Å². The Morgan fingerprint density at radius 3 is 3.00 bits per heavy atom. The topological polar surface area (TPSA) is 72.0 Å². The number of hydrogen-bond acceptors (Lipinski definition) is 5. The number of rotatable bonds is 4. The predicted molar refractivity (Wildman–Crippen MR) is 95.6 cm³/mol. The van der Waals surface area contributed by atoms with Crippen molar-refractivity contribution >= 4 is 27.5 Å². The van der Waals surface area contributed by atoms with Gasteiger partial charge in [-0.15, -0.1) is 11.3 Å². The van der Waals surface area contributed by atoms with Gasteiger partial charge in [0.1, 0.15) is 17.3 Å². The molecule has 0 unspecified atom stereocenters. The van der Waals surface area contributed by atoms with E-state index < -0.39 is 0 Å². The van der Waals surface area contributed by atoms with Crippen LogP contribution in [0.3, 0.4) is 0 Å². The average molecular weight is 358 g/mol. The lowest BCUT2D eigenvalue weighted by molar-refractivity contribution is -0.146. The molecule has 3 atom stereocenters. The van der Waals surface area contributed by atoms with Crippen LogP contribution in [0.4, 0.5) is 0 Å². The highest BCUT2D eigenvalue weighted by atomic mass is 32.1. The second-order valence-electron chi connectivity index (χ2n) is 7.85. The van der Waals surface area contributed by atoms with Crippen molar-refractivity contribution in [3.8, 4) is 0 Å². The quantitative estimate of drug-likeness (QED) is 0.851. The molecule has 2 saturated carbocycles. The van der Waals surface area contributed by atoms with E-state index in [1.54, 1.807) is 11.3 Å². The number of hydrogen-bond donors (Lipinski definition) is 1. The summed E-state index contributed by atoms with van der Waals surface area (Å²) in [4.78, 5) is 34.0. The van der Waals surface area contributed by atoms with Gasteiger partial charge in [0, 0.05) is 11.3 Å². The van der Waals surface area contributed by atoms with Crippen LogP contribution in [-0.4, -0.2) is 15.9 Å². The number of esters is 1. The van der Waals surface area contributed by atoms with E-state index in [0.717, 1.165) is 41.3 Å². The Balaban J connectivity index is 1.26. The molecule has 2 aromatic heterocycles. The zero-order chi connectivity index (χ0) is 17.0. The van der Waals surface area contributed by atoms with Crippen molar-refractivity contribution in [1.82, 2.24) is 9.97 Å². The average Bonchev–Trinajstić information content (AvgIpc) is 3.32. The maximum atomic E-state index is 12.4. The number of nitrogens with zero attached hydrogens (tertiary/aromatic N) is 1. The molecule has 0 saturated heterocycles. The Labute approximate surface area is 149 Å². The molecule has 5 rings (SSSR count). The summed E-state index contributed by atoms with van der Waals surface area (Å²) in [6.07, 6.45) is 8.75. The lowest BCUT2D eigenvalue weighted by Crippen LogP contribution is -2.18. The van der Waals surface area contributed by atoms with Crippen LogP contribution in [0.25, 0.3) is 10.2 Å². The maximum absolute atomic E-state index is 12.4. The number of nitrogens with one attached hydrogen (secondary N) is 1. The minimum Gasteiger partial charge on any atom is -0.458 e. The molecule has 6 heteroatoms. The van der Waals surface area contributed by atoms with Gasteiger partial charge >= 0.3 is 5.97 Å². The summed E-state index contributed by atoms with van der Waals surface area (Å²) in [5.41, 5.74) is 1.08. The number of ether oxygens (including phenoxy) is 1. The lowest BCUT2D eigenvalue weighted by Gasteiger charge is -2.20. The van der Waals surface area contributed by atoms with Gasteiger partial charge in [-0.1, -0.05) is 6.42 Å². The molecule has 3 aliphatic rings. The van der Waals surface area contributed by atoms with Gasteiger partial charge < -0.3 is 9.72 Å². The Hall–Kier alpha value is -1.69. The first-order valence-electron chi connectivity index (χ1n) is 9.36. The van der Waals surface area contributed by atoms with Crippen LogP contribution in [0, 0.1) is 17.8 Å². The first kappa shape index (κ1) is 15.6. The third-order valence-electron chi connectivity index (χ3n) is 6.31. The first-order chi connectivity index (χ1) is 12.2. The number of fused-ring (bicyclic) bond motifs is 5. The van der Waals surface area contributed by atoms with E-state index >= 15 is 0 Å². The lowest BCUT2D eigenvalue weighted by atomic mass is 9.86. The Bertz CT molecular complexity index is 900. The molecule has 0 aromatic carbocycles. The van der Waals surface area contributed by atoms with E-state index in [9.17, 15) is 9.59 Å². The Kier molecular flexibility index (Phi) is 3.69. The number of aromatic nitrogens is 2. The Morgan fingerprint density at radius 1 is 1.28 bits per heavy atom. The molecule has 0 spiro atoms. The van der Waals surface area contributed by atoms with Crippen molar-refractivity contribution in [3.63, 3.8) is 0 Å². The first-order valence-corrected chi connectivity index (χ1v) is 10.2. The van der Waals surface area contributed by atoms with Gasteiger partial charge in [-0.25, -0.2) is 4.98 Å². The number of aryl methyl sites for hydroxylation is 2. The molecular formula is C19H22N2O3S. The molecule has 3 aliphatic carbocycles. The number of carbonyl (C=O) groups excluding carboxylic acids is 1. The highest BCUT2D eigenvalue weighted by Gasteiger charge is 2.40. The van der Waals surface area contributed by atoms with E-state index in [0.29, 0.717) is 18.2 Å². The zero-order valence-corrected chi connectivity index (χ0v) is 15.0. The van der Waals surface area contributed by atoms with Crippen LogP contribution in [-0.2, 0) is 29.0 Å². The summed E-state index contributed by atoms with van der Waals surface area (Å²) in [6, 6.07) is 0. The van der Waals surface area contributed by atoms with Crippen LogP contribution >= 0.6 is 11.3 Å². The second kappa shape index (κ2) is 5.94. The molecule has 0 radical (unpaired) electrons. The summed E-state index contributed by atoms with van der Waals surface area (Å²) in [5.74, 6) is 2.36. The molecule has 132 valence electrons. The molecule has 0 aliphatic heterocycles. The van der Waals surface area contributed by atoms with Crippen molar-refractivity contribution in [2.45, 2.75) is 58.0 Å². The van der Waals surface area contributed by atoms with E-state index in [-0.39, 0.29) is 18.1 Å². The molecular weight excluding hydrogens is 336 g/mol. The van der Waals surface area contributed by atoms with Gasteiger partial charge in [-0.3, -0.25) is 9.59 Å². The Morgan fingerprint density at radius 2 is 2.20 bits per heavy atom. The minimum absolute atomic E-state index is 0.0629. The van der Waals surface area contributed by atoms with Crippen molar-refractivity contribution in [1.29, 1.82) is 0 Å². The standard InChI is InChI=1S/C19H22N2O3S/c22-16(8-12-7-10-4-5-11(12)6-10)24-9-15-20-18(23)17-13-2-1-3-14(13)25-19(17)21-15/h10-12H,1-9H2,(H,20,21,23)/t10-,11+,12-/m0/s1. The summed E-state index contributed by atoms with van der Waals surface area (Å²) in [5, 5.41) is 0.745. The molecule has 2 fully saturated rings. The van der Waals surface area contributed by atoms with E-state index in [1.807, 2.05) is 0 Å². The van der Waals surface area contributed by atoms with Crippen LogP contribution in [0.2, 0.25) is 0 Å². The number of H-pyrrole nitrogens is 1. The van der Waals surface area contributed by atoms with Crippen LogP contribution in [0.15, 0.2) is 4.79 Å². The fourth-order valence-electron chi connectivity index (χ4n) is 5.16. The van der Waals surface area contributed by atoms with Gasteiger partial charge in [0.15, 0.2) is 0 Å². The summed E-state index contributed by atoms with van der Waals surface area (Å²) in [6.45, 7) is 0.0629. The van der Waals surface area contributed by atoms with Crippen LogP contribution < -0.4 is 5.56 Å². The predicted octanol–water partition coefficient (Wildman–Crippen LogP) is 3.34. The fourth-order valence-corrected chi connectivity index (χ4v) is 6.44. The highest BCUT2D eigenvalue weighted by Crippen LogP contribution is 2.49. The van der Waals surface area contributed by atoms with Crippen LogP contribution in [0.1, 0.15) is 54.8 Å². The van der Waals surface area contributed by atoms with E-state index in [2.05, 4.69) is 9.97 Å². The third-order valence-corrected chi connectivity index (χ3v) is 7.49. The summed E-state index contributed by atoms with van der Waals surface area (Å²) in [7, 11) is 0. The summed E-state index contributed by atoms with van der Waals surface area (Å²) < 4.78 is 5.41. The normalized spacial score (nSPS) is 27.1. The summed E-state index contributed by atoms with van der Waals surface area (Å²) >= 11 is 1.61. The molecule has 25 heavy (non-hydrogen) atoms. The van der Waals surface area contributed by atoms with Gasteiger partial charge in [-0.2, -0.15) is 0 Å². The number of aromatic amines is 1. The maximum Gasteiger partial charge on any atom is 0.306 e.